The molecule has 0 saturated heterocycles. The summed E-state index contributed by atoms with van der Waals surface area (Å²) in [6.45, 7) is 1.44. The maximum Gasteiger partial charge on any atom is 0.303 e. The molecule has 0 spiro atoms. The highest BCUT2D eigenvalue weighted by Crippen LogP contribution is 2.12. The van der Waals surface area contributed by atoms with Gasteiger partial charge in [-0.3, -0.25) is 4.79 Å². The minimum atomic E-state index is -0.221. The van der Waals surface area contributed by atoms with Crippen LogP contribution in [-0.4, -0.2) is 12.1 Å². The molecule has 1 atom stereocenters. The van der Waals surface area contributed by atoms with Crippen LogP contribution in [0.15, 0.2) is 0 Å². The first-order valence-electron chi connectivity index (χ1n) is 5.44. The molecule has 1 aliphatic carbocycles. The molecule has 0 bridgehead atoms. The van der Waals surface area contributed by atoms with Crippen LogP contribution < -0.4 is 0 Å². The predicted octanol–water partition coefficient (Wildman–Crippen LogP) is 2.67. The Bertz CT molecular complexity index is 234. The fourth-order valence-electron chi connectivity index (χ4n) is 1.62. The van der Waals surface area contributed by atoms with Crippen molar-refractivity contribution in [3.8, 4) is 11.8 Å². The molecule has 0 N–H and O–H groups in total. The van der Waals surface area contributed by atoms with Crippen LogP contribution in [0.4, 0.5) is 0 Å². The van der Waals surface area contributed by atoms with E-state index in [-0.39, 0.29) is 12.1 Å². The fraction of sp³-hybridized carbons (Fsp3) is 0.750. The first-order valence-corrected chi connectivity index (χ1v) is 5.44. The van der Waals surface area contributed by atoms with Crippen LogP contribution in [-0.2, 0) is 9.53 Å². The van der Waals surface area contributed by atoms with Gasteiger partial charge < -0.3 is 4.74 Å². The monoisotopic (exact) mass is 194 g/mol. The molecule has 0 unspecified atom stereocenters. The van der Waals surface area contributed by atoms with Crippen LogP contribution in [0, 0.1) is 11.8 Å². The minimum absolute atomic E-state index is 0.161. The van der Waals surface area contributed by atoms with E-state index < -0.39 is 0 Å². The van der Waals surface area contributed by atoms with Crippen LogP contribution in [0.3, 0.4) is 0 Å². The molecule has 2 nitrogen and oxygen atoms in total. The van der Waals surface area contributed by atoms with Crippen molar-refractivity contribution in [1.82, 2.24) is 0 Å². The Morgan fingerprint density at radius 2 is 1.93 bits per heavy atom. The summed E-state index contributed by atoms with van der Waals surface area (Å²) in [5, 5.41) is 0. The Hall–Kier alpha value is -0.970. The maximum atomic E-state index is 10.8. The maximum absolute atomic E-state index is 10.8. The summed E-state index contributed by atoms with van der Waals surface area (Å²) in [7, 11) is 0. The van der Waals surface area contributed by atoms with Gasteiger partial charge in [0.05, 0.1) is 0 Å². The molecule has 14 heavy (non-hydrogen) atoms. The first kappa shape index (κ1) is 11.1. The number of ether oxygens (including phenoxy) is 1. The van der Waals surface area contributed by atoms with Gasteiger partial charge in [0, 0.05) is 13.3 Å². The lowest BCUT2D eigenvalue weighted by atomic mass is 10.0. The van der Waals surface area contributed by atoms with Crippen molar-refractivity contribution >= 4 is 5.97 Å². The number of esters is 1. The normalized spacial score (nSPS) is 23.1. The van der Waals surface area contributed by atoms with Gasteiger partial charge in [-0.25, -0.2) is 0 Å². The van der Waals surface area contributed by atoms with Crippen LogP contribution in [0.25, 0.3) is 0 Å². The van der Waals surface area contributed by atoms with Gasteiger partial charge in [-0.05, 0) is 19.3 Å². The number of rotatable bonds is 1. The fourth-order valence-corrected chi connectivity index (χ4v) is 1.62. The zero-order chi connectivity index (χ0) is 10.2. The molecule has 78 valence electrons. The Kier molecular flexibility index (Phi) is 5.14. The summed E-state index contributed by atoms with van der Waals surface area (Å²) in [4.78, 5) is 10.8. The number of carbonyl (C=O) groups excluding carboxylic acids is 1. The smallest absolute Gasteiger partial charge is 0.303 e. The zero-order valence-corrected chi connectivity index (χ0v) is 8.84. The van der Waals surface area contributed by atoms with Crippen molar-refractivity contribution in [3.63, 3.8) is 0 Å². The van der Waals surface area contributed by atoms with Gasteiger partial charge >= 0.3 is 5.97 Å². The Morgan fingerprint density at radius 1 is 1.21 bits per heavy atom. The third-order valence-corrected chi connectivity index (χ3v) is 2.34. The molecule has 0 amide bonds. The largest absolute Gasteiger partial charge is 0.449 e. The molecule has 0 saturated carbocycles. The third kappa shape index (κ3) is 4.91. The summed E-state index contributed by atoms with van der Waals surface area (Å²) in [6, 6.07) is 0. The summed E-state index contributed by atoms with van der Waals surface area (Å²) in [5.41, 5.74) is 0. The van der Waals surface area contributed by atoms with E-state index in [1.54, 1.807) is 0 Å². The molecule has 0 fully saturated rings. The van der Waals surface area contributed by atoms with Crippen LogP contribution in [0.2, 0.25) is 0 Å². The Morgan fingerprint density at radius 3 is 2.71 bits per heavy atom. The van der Waals surface area contributed by atoms with Gasteiger partial charge in [-0.2, -0.15) is 0 Å². The standard InChI is InChI=1S/C12H18O2/c1-11(13)14-12-9-7-5-3-2-4-6-8-10-12/h12H,2-7,9H2,1H3/t12-/m1/s1. The van der Waals surface area contributed by atoms with E-state index in [1.807, 2.05) is 0 Å². The molecular weight excluding hydrogens is 176 g/mol. The van der Waals surface area contributed by atoms with Crippen LogP contribution in [0.5, 0.6) is 0 Å². The van der Waals surface area contributed by atoms with E-state index in [2.05, 4.69) is 11.8 Å². The Labute approximate surface area is 86.0 Å². The van der Waals surface area contributed by atoms with E-state index in [1.165, 1.54) is 32.6 Å². The van der Waals surface area contributed by atoms with Crippen molar-refractivity contribution in [2.24, 2.45) is 0 Å². The molecule has 0 heterocycles. The van der Waals surface area contributed by atoms with Gasteiger partial charge in [-0.1, -0.05) is 31.1 Å². The van der Waals surface area contributed by atoms with E-state index in [0.717, 1.165) is 19.3 Å². The second-order valence-corrected chi connectivity index (χ2v) is 3.73. The second-order valence-electron chi connectivity index (χ2n) is 3.73. The predicted molar refractivity (Wildman–Crippen MR) is 55.6 cm³/mol. The van der Waals surface area contributed by atoms with E-state index in [9.17, 15) is 4.79 Å². The summed E-state index contributed by atoms with van der Waals surface area (Å²) >= 11 is 0. The lowest BCUT2D eigenvalue weighted by Gasteiger charge is -2.11. The zero-order valence-electron chi connectivity index (χ0n) is 8.84. The topological polar surface area (TPSA) is 26.3 Å². The van der Waals surface area contributed by atoms with Crippen LogP contribution in [0.1, 0.15) is 51.9 Å². The summed E-state index contributed by atoms with van der Waals surface area (Å²) in [6.07, 6.45) is 7.78. The lowest BCUT2D eigenvalue weighted by Crippen LogP contribution is -2.14. The molecule has 0 aliphatic heterocycles. The Balaban J connectivity index is 2.43. The van der Waals surface area contributed by atoms with E-state index in [4.69, 9.17) is 4.74 Å². The highest BCUT2D eigenvalue weighted by molar-refractivity contribution is 5.66. The van der Waals surface area contributed by atoms with Crippen molar-refractivity contribution in [1.29, 1.82) is 0 Å². The van der Waals surface area contributed by atoms with Crippen molar-refractivity contribution in [3.05, 3.63) is 0 Å². The van der Waals surface area contributed by atoms with Crippen molar-refractivity contribution < 1.29 is 9.53 Å². The minimum Gasteiger partial charge on any atom is -0.449 e. The number of carbonyl (C=O) groups is 1. The summed E-state index contributed by atoms with van der Waals surface area (Å²) in [5.74, 6) is 5.89. The van der Waals surface area contributed by atoms with E-state index in [0.29, 0.717) is 0 Å². The van der Waals surface area contributed by atoms with Gasteiger partial charge in [0.1, 0.15) is 0 Å². The summed E-state index contributed by atoms with van der Waals surface area (Å²) < 4.78 is 5.11. The average molecular weight is 194 g/mol. The van der Waals surface area contributed by atoms with Gasteiger partial charge in [0.2, 0.25) is 0 Å². The molecule has 2 heteroatoms. The number of hydrogen-bond donors (Lipinski definition) is 0. The van der Waals surface area contributed by atoms with Gasteiger partial charge in [0.15, 0.2) is 6.10 Å². The molecule has 1 rings (SSSR count). The quantitative estimate of drug-likeness (QED) is 0.474. The molecule has 0 radical (unpaired) electrons. The highest BCUT2D eigenvalue weighted by Gasteiger charge is 2.08. The SMILES string of the molecule is CC(=O)O[C@H]1C#CCCCCCCC1. The van der Waals surface area contributed by atoms with Gasteiger partial charge in [-0.15, -0.1) is 0 Å². The number of hydrogen-bond acceptors (Lipinski definition) is 2. The van der Waals surface area contributed by atoms with E-state index >= 15 is 0 Å². The molecule has 1 aliphatic rings. The lowest BCUT2D eigenvalue weighted by molar-refractivity contribution is -0.144. The molecular formula is C12H18O2. The molecule has 0 aromatic heterocycles. The third-order valence-electron chi connectivity index (χ3n) is 2.34. The second kappa shape index (κ2) is 6.48. The first-order chi connectivity index (χ1) is 6.79. The van der Waals surface area contributed by atoms with Crippen LogP contribution >= 0.6 is 0 Å². The van der Waals surface area contributed by atoms with Gasteiger partial charge in [0.25, 0.3) is 0 Å². The van der Waals surface area contributed by atoms with Crippen molar-refractivity contribution in [2.45, 2.75) is 58.0 Å². The average Bonchev–Trinajstić information content (AvgIpc) is 2.15. The molecule has 0 aromatic rings. The van der Waals surface area contributed by atoms with Crippen molar-refractivity contribution in [2.75, 3.05) is 0 Å². The molecule has 0 aromatic carbocycles. The highest BCUT2D eigenvalue weighted by atomic mass is 16.5.